The molecule has 0 aliphatic carbocycles. The Morgan fingerprint density at radius 2 is 1.85 bits per heavy atom. The van der Waals surface area contributed by atoms with E-state index >= 15 is 0 Å². The van der Waals surface area contributed by atoms with E-state index in [-0.39, 0.29) is 23.5 Å². The average molecular weight is 300 g/mol. The van der Waals surface area contributed by atoms with Gasteiger partial charge < -0.3 is 10.4 Å². The number of nitrogens with one attached hydrogen (secondary N) is 1. The van der Waals surface area contributed by atoms with E-state index < -0.39 is 10.0 Å². The lowest BCUT2D eigenvalue weighted by atomic mass is 10.2. The Kier molecular flexibility index (Phi) is 5.67. The fourth-order valence-electron chi connectivity index (χ4n) is 1.53. The standard InChI is InChI=1S/C13H20N2O4S/c1-4-11(9-16)14-13(17)10-5-7-12(8-6-10)20(18,19)15(2)3/h5-8,11,16H,4,9H2,1-3H3,(H,14,17)/t11-/m1/s1. The average Bonchev–Trinajstić information content (AvgIpc) is 2.44. The van der Waals surface area contributed by atoms with Crippen molar-refractivity contribution in [1.29, 1.82) is 0 Å². The highest BCUT2D eigenvalue weighted by Crippen LogP contribution is 2.14. The number of aliphatic hydroxyl groups is 1. The molecule has 1 amide bonds. The Morgan fingerprint density at radius 1 is 1.30 bits per heavy atom. The third-order valence-electron chi connectivity index (χ3n) is 2.94. The molecule has 0 aliphatic rings. The Morgan fingerprint density at radius 3 is 2.25 bits per heavy atom. The van der Waals surface area contributed by atoms with Gasteiger partial charge in [-0.2, -0.15) is 0 Å². The fourth-order valence-corrected chi connectivity index (χ4v) is 2.44. The van der Waals surface area contributed by atoms with Gasteiger partial charge in [-0.05, 0) is 30.7 Å². The number of carbonyl (C=O) groups excluding carboxylic acids is 1. The molecule has 0 unspecified atom stereocenters. The van der Waals surface area contributed by atoms with Gasteiger partial charge in [0.15, 0.2) is 0 Å². The highest BCUT2D eigenvalue weighted by molar-refractivity contribution is 7.89. The lowest BCUT2D eigenvalue weighted by Gasteiger charge is -2.14. The fraction of sp³-hybridized carbons (Fsp3) is 0.462. The largest absolute Gasteiger partial charge is 0.394 e. The molecular formula is C13H20N2O4S. The molecule has 1 aromatic rings. The van der Waals surface area contributed by atoms with Gasteiger partial charge in [-0.15, -0.1) is 0 Å². The minimum atomic E-state index is -3.49. The van der Waals surface area contributed by atoms with Crippen molar-refractivity contribution < 1.29 is 18.3 Å². The van der Waals surface area contributed by atoms with Crippen LogP contribution in [-0.2, 0) is 10.0 Å². The summed E-state index contributed by atoms with van der Waals surface area (Å²) in [7, 11) is -0.595. The van der Waals surface area contributed by atoms with E-state index in [0.29, 0.717) is 12.0 Å². The van der Waals surface area contributed by atoms with Crippen LogP contribution in [0.2, 0.25) is 0 Å². The summed E-state index contributed by atoms with van der Waals surface area (Å²) in [5.41, 5.74) is 0.356. The van der Waals surface area contributed by atoms with Gasteiger partial charge in [-0.1, -0.05) is 6.92 Å². The SMILES string of the molecule is CC[C@H](CO)NC(=O)c1ccc(S(=O)(=O)N(C)C)cc1. The van der Waals surface area contributed by atoms with E-state index in [1.807, 2.05) is 6.92 Å². The van der Waals surface area contributed by atoms with Gasteiger partial charge in [-0.25, -0.2) is 12.7 Å². The normalized spacial score (nSPS) is 13.2. The van der Waals surface area contributed by atoms with Gasteiger partial charge >= 0.3 is 0 Å². The van der Waals surface area contributed by atoms with Crippen LogP contribution < -0.4 is 5.32 Å². The van der Waals surface area contributed by atoms with Crippen LogP contribution in [0.25, 0.3) is 0 Å². The molecule has 0 saturated carbocycles. The quantitative estimate of drug-likeness (QED) is 0.798. The summed E-state index contributed by atoms with van der Waals surface area (Å²) >= 11 is 0. The first-order valence-corrected chi connectivity index (χ1v) is 7.71. The Bertz CT molecular complexity index is 548. The number of aliphatic hydroxyl groups excluding tert-OH is 1. The second kappa shape index (κ2) is 6.83. The zero-order valence-electron chi connectivity index (χ0n) is 11.8. The molecule has 0 heterocycles. The van der Waals surface area contributed by atoms with E-state index in [1.165, 1.54) is 38.4 Å². The van der Waals surface area contributed by atoms with Crippen molar-refractivity contribution in [3.05, 3.63) is 29.8 Å². The number of hydrogen-bond acceptors (Lipinski definition) is 4. The maximum absolute atomic E-state index is 11.9. The number of rotatable bonds is 6. The number of amides is 1. The third-order valence-corrected chi connectivity index (χ3v) is 4.77. The molecule has 0 spiro atoms. The van der Waals surface area contributed by atoms with Crippen LogP contribution in [0.15, 0.2) is 29.2 Å². The summed E-state index contributed by atoms with van der Waals surface area (Å²) < 4.78 is 24.9. The van der Waals surface area contributed by atoms with E-state index in [4.69, 9.17) is 5.11 Å². The summed E-state index contributed by atoms with van der Waals surface area (Å²) in [5, 5.41) is 11.7. The van der Waals surface area contributed by atoms with E-state index in [1.54, 1.807) is 0 Å². The molecule has 6 nitrogen and oxygen atoms in total. The maximum atomic E-state index is 11.9. The summed E-state index contributed by atoms with van der Waals surface area (Å²) in [5.74, 6) is -0.334. The number of nitrogens with zero attached hydrogens (tertiary/aromatic N) is 1. The van der Waals surface area contributed by atoms with Crippen molar-refractivity contribution in [3.63, 3.8) is 0 Å². The third kappa shape index (κ3) is 3.78. The molecule has 1 atom stereocenters. The van der Waals surface area contributed by atoms with Gasteiger partial charge in [0.05, 0.1) is 17.5 Å². The molecule has 0 radical (unpaired) electrons. The predicted octanol–water partition coefficient (Wildman–Crippen LogP) is 0.438. The number of sulfonamides is 1. The Labute approximate surface area is 119 Å². The molecule has 20 heavy (non-hydrogen) atoms. The minimum absolute atomic E-state index is 0.130. The second-order valence-corrected chi connectivity index (χ2v) is 6.72. The van der Waals surface area contributed by atoms with Crippen LogP contribution >= 0.6 is 0 Å². The van der Waals surface area contributed by atoms with Crippen molar-refractivity contribution in [2.45, 2.75) is 24.3 Å². The van der Waals surface area contributed by atoms with Crippen molar-refractivity contribution in [2.75, 3.05) is 20.7 Å². The van der Waals surface area contributed by atoms with Crippen molar-refractivity contribution in [2.24, 2.45) is 0 Å². The van der Waals surface area contributed by atoms with E-state index in [9.17, 15) is 13.2 Å². The first-order valence-electron chi connectivity index (χ1n) is 6.27. The van der Waals surface area contributed by atoms with Gasteiger partial charge in [0.1, 0.15) is 0 Å². The summed E-state index contributed by atoms with van der Waals surface area (Å²) in [6.07, 6.45) is 0.620. The van der Waals surface area contributed by atoms with Crippen LogP contribution in [0.1, 0.15) is 23.7 Å². The van der Waals surface area contributed by atoms with Crippen molar-refractivity contribution in [1.82, 2.24) is 9.62 Å². The molecule has 0 fully saturated rings. The van der Waals surface area contributed by atoms with Gasteiger partial charge in [-0.3, -0.25) is 4.79 Å². The molecule has 1 rings (SSSR count). The predicted molar refractivity (Wildman–Crippen MR) is 75.9 cm³/mol. The van der Waals surface area contributed by atoms with Crippen LogP contribution in [0.5, 0.6) is 0 Å². The smallest absolute Gasteiger partial charge is 0.251 e. The maximum Gasteiger partial charge on any atom is 0.251 e. The molecule has 0 saturated heterocycles. The number of carbonyl (C=O) groups is 1. The Hall–Kier alpha value is -1.44. The zero-order chi connectivity index (χ0) is 15.3. The highest BCUT2D eigenvalue weighted by Gasteiger charge is 2.18. The summed E-state index contributed by atoms with van der Waals surface area (Å²) in [4.78, 5) is 12.0. The van der Waals surface area contributed by atoms with Crippen LogP contribution in [0.3, 0.4) is 0 Å². The van der Waals surface area contributed by atoms with Crippen molar-refractivity contribution >= 4 is 15.9 Å². The van der Waals surface area contributed by atoms with E-state index in [2.05, 4.69) is 5.32 Å². The van der Waals surface area contributed by atoms with Crippen LogP contribution in [0, 0.1) is 0 Å². The lowest BCUT2D eigenvalue weighted by molar-refractivity contribution is 0.0915. The molecule has 1 aromatic carbocycles. The first-order chi connectivity index (χ1) is 9.32. The lowest BCUT2D eigenvalue weighted by Crippen LogP contribution is -2.36. The highest BCUT2D eigenvalue weighted by atomic mass is 32.2. The topological polar surface area (TPSA) is 86.7 Å². The van der Waals surface area contributed by atoms with E-state index in [0.717, 1.165) is 4.31 Å². The Balaban J connectivity index is 2.89. The molecule has 0 bridgehead atoms. The van der Waals surface area contributed by atoms with Crippen molar-refractivity contribution in [3.8, 4) is 0 Å². The van der Waals surface area contributed by atoms with Crippen LogP contribution in [-0.4, -0.2) is 50.5 Å². The number of hydrogen-bond donors (Lipinski definition) is 2. The molecule has 7 heteroatoms. The number of benzene rings is 1. The molecular weight excluding hydrogens is 280 g/mol. The summed E-state index contributed by atoms with van der Waals surface area (Å²) in [6.45, 7) is 1.73. The minimum Gasteiger partial charge on any atom is -0.394 e. The second-order valence-electron chi connectivity index (χ2n) is 4.57. The molecule has 2 N–H and O–H groups in total. The van der Waals surface area contributed by atoms with Gasteiger partial charge in [0, 0.05) is 19.7 Å². The molecule has 112 valence electrons. The van der Waals surface area contributed by atoms with Crippen LogP contribution in [0.4, 0.5) is 0 Å². The van der Waals surface area contributed by atoms with Gasteiger partial charge in [0.25, 0.3) is 5.91 Å². The molecule has 0 aromatic heterocycles. The molecule has 0 aliphatic heterocycles. The summed E-state index contributed by atoms with van der Waals surface area (Å²) in [6, 6.07) is 5.40. The zero-order valence-corrected chi connectivity index (χ0v) is 12.6. The first kappa shape index (κ1) is 16.6. The monoisotopic (exact) mass is 300 g/mol. The van der Waals surface area contributed by atoms with Gasteiger partial charge in [0.2, 0.25) is 10.0 Å².